The van der Waals surface area contributed by atoms with Gasteiger partial charge in [-0.25, -0.2) is 0 Å². The van der Waals surface area contributed by atoms with Crippen molar-refractivity contribution >= 4 is 5.97 Å². The van der Waals surface area contributed by atoms with Crippen LogP contribution in [0.2, 0.25) is 0 Å². The normalized spacial score (nSPS) is 23.8. The van der Waals surface area contributed by atoms with Crippen molar-refractivity contribution in [3.63, 3.8) is 0 Å². The van der Waals surface area contributed by atoms with Crippen LogP contribution in [0.5, 0.6) is 0 Å². The standard InChI is InChI=1S/C10H19NO2/c1-2-10(8(11)9(12)13)6-4-3-5-7-10/h8H,2-7,11H2,1H3,(H,12,13). The summed E-state index contributed by atoms with van der Waals surface area (Å²) in [5.74, 6) is -0.844. The molecule has 1 unspecified atom stereocenters. The highest BCUT2D eigenvalue weighted by Crippen LogP contribution is 2.41. The molecular formula is C10H19NO2. The predicted octanol–water partition coefficient (Wildman–Crippen LogP) is 1.76. The molecule has 1 atom stereocenters. The van der Waals surface area contributed by atoms with E-state index in [1.807, 2.05) is 6.92 Å². The van der Waals surface area contributed by atoms with Crippen LogP contribution in [-0.2, 0) is 4.79 Å². The predicted molar refractivity (Wildman–Crippen MR) is 51.4 cm³/mol. The molecule has 1 saturated carbocycles. The van der Waals surface area contributed by atoms with E-state index in [1.54, 1.807) is 0 Å². The van der Waals surface area contributed by atoms with Gasteiger partial charge in [0.05, 0.1) is 0 Å². The Hall–Kier alpha value is -0.570. The van der Waals surface area contributed by atoms with Gasteiger partial charge in [-0.15, -0.1) is 0 Å². The van der Waals surface area contributed by atoms with Crippen LogP contribution in [0.4, 0.5) is 0 Å². The zero-order valence-electron chi connectivity index (χ0n) is 8.25. The smallest absolute Gasteiger partial charge is 0.321 e. The Kier molecular flexibility index (Phi) is 3.31. The summed E-state index contributed by atoms with van der Waals surface area (Å²) in [5.41, 5.74) is 5.62. The lowest BCUT2D eigenvalue weighted by Gasteiger charge is -2.39. The summed E-state index contributed by atoms with van der Waals surface area (Å²) in [6, 6.07) is -0.669. The second-order valence-corrected chi connectivity index (χ2v) is 4.09. The lowest BCUT2D eigenvalue weighted by atomic mass is 9.67. The Balaban J connectivity index is 2.72. The van der Waals surface area contributed by atoms with Crippen molar-refractivity contribution in [1.29, 1.82) is 0 Å². The molecule has 0 aromatic carbocycles. The van der Waals surface area contributed by atoms with Crippen molar-refractivity contribution in [2.75, 3.05) is 0 Å². The summed E-state index contributed by atoms with van der Waals surface area (Å²) in [6.45, 7) is 2.05. The molecule has 1 aliphatic rings. The largest absolute Gasteiger partial charge is 0.480 e. The second-order valence-electron chi connectivity index (χ2n) is 4.09. The maximum atomic E-state index is 10.8. The van der Waals surface area contributed by atoms with Gasteiger partial charge >= 0.3 is 5.97 Å². The first kappa shape index (κ1) is 10.5. The number of nitrogens with two attached hydrogens (primary N) is 1. The molecule has 1 fully saturated rings. The minimum Gasteiger partial charge on any atom is -0.480 e. The molecule has 0 saturated heterocycles. The first-order valence-corrected chi connectivity index (χ1v) is 5.11. The van der Waals surface area contributed by atoms with E-state index >= 15 is 0 Å². The Morgan fingerprint density at radius 1 is 1.46 bits per heavy atom. The molecule has 0 heterocycles. The van der Waals surface area contributed by atoms with Gasteiger partial charge in [0.1, 0.15) is 6.04 Å². The molecule has 1 aliphatic carbocycles. The van der Waals surface area contributed by atoms with E-state index in [0.29, 0.717) is 0 Å². The van der Waals surface area contributed by atoms with Crippen molar-refractivity contribution < 1.29 is 9.90 Å². The number of hydrogen-bond acceptors (Lipinski definition) is 2. The zero-order valence-corrected chi connectivity index (χ0v) is 8.25. The Bertz CT molecular complexity index is 185. The molecule has 0 aromatic heterocycles. The fourth-order valence-corrected chi connectivity index (χ4v) is 2.40. The van der Waals surface area contributed by atoms with Crippen molar-refractivity contribution in [3.05, 3.63) is 0 Å². The minimum absolute atomic E-state index is 0.121. The van der Waals surface area contributed by atoms with E-state index in [4.69, 9.17) is 10.8 Å². The lowest BCUT2D eigenvalue weighted by molar-refractivity contribution is -0.142. The van der Waals surface area contributed by atoms with Crippen LogP contribution in [0.3, 0.4) is 0 Å². The van der Waals surface area contributed by atoms with Crippen molar-refractivity contribution in [2.45, 2.75) is 51.5 Å². The number of carboxylic acids is 1. The molecule has 0 amide bonds. The summed E-state index contributed by atoms with van der Waals surface area (Å²) in [4.78, 5) is 10.8. The average molecular weight is 185 g/mol. The second kappa shape index (κ2) is 4.09. The van der Waals surface area contributed by atoms with E-state index in [2.05, 4.69) is 0 Å². The molecule has 0 spiro atoms. The molecule has 13 heavy (non-hydrogen) atoms. The summed E-state index contributed by atoms with van der Waals surface area (Å²) in [5, 5.41) is 8.91. The fourth-order valence-electron chi connectivity index (χ4n) is 2.40. The third kappa shape index (κ3) is 2.02. The van der Waals surface area contributed by atoms with Crippen molar-refractivity contribution in [2.24, 2.45) is 11.1 Å². The summed E-state index contributed by atoms with van der Waals surface area (Å²) in [6.07, 6.45) is 6.35. The van der Waals surface area contributed by atoms with Crippen LogP contribution in [0, 0.1) is 5.41 Å². The van der Waals surface area contributed by atoms with E-state index in [0.717, 1.165) is 32.1 Å². The van der Waals surface area contributed by atoms with Crippen LogP contribution < -0.4 is 5.73 Å². The van der Waals surface area contributed by atoms with E-state index in [9.17, 15) is 4.79 Å². The lowest BCUT2D eigenvalue weighted by Crippen LogP contribution is -2.48. The monoisotopic (exact) mass is 185 g/mol. The first-order chi connectivity index (χ1) is 6.12. The number of hydrogen-bond donors (Lipinski definition) is 2. The highest BCUT2D eigenvalue weighted by molar-refractivity contribution is 5.74. The van der Waals surface area contributed by atoms with Gasteiger partial charge in [-0.05, 0) is 24.7 Å². The van der Waals surface area contributed by atoms with Gasteiger partial charge in [-0.2, -0.15) is 0 Å². The first-order valence-electron chi connectivity index (χ1n) is 5.11. The molecule has 1 rings (SSSR count). The molecule has 76 valence electrons. The molecule has 3 N–H and O–H groups in total. The topological polar surface area (TPSA) is 63.3 Å². The van der Waals surface area contributed by atoms with Gasteiger partial charge in [0, 0.05) is 0 Å². The molecule has 0 aromatic rings. The van der Waals surface area contributed by atoms with Crippen LogP contribution in [0.25, 0.3) is 0 Å². The third-order valence-corrected chi connectivity index (χ3v) is 3.48. The molecule has 3 nitrogen and oxygen atoms in total. The van der Waals surface area contributed by atoms with Gasteiger partial charge in [0.15, 0.2) is 0 Å². The number of aliphatic carboxylic acids is 1. The highest BCUT2D eigenvalue weighted by atomic mass is 16.4. The molecule has 0 radical (unpaired) electrons. The van der Waals surface area contributed by atoms with Crippen LogP contribution in [0.1, 0.15) is 45.4 Å². The summed E-state index contributed by atoms with van der Waals surface area (Å²) in [7, 11) is 0. The molecule has 0 aliphatic heterocycles. The van der Waals surface area contributed by atoms with Gasteiger partial charge in [0.2, 0.25) is 0 Å². The third-order valence-electron chi connectivity index (χ3n) is 3.48. The number of carbonyl (C=O) groups is 1. The Morgan fingerprint density at radius 3 is 2.38 bits per heavy atom. The van der Waals surface area contributed by atoms with Gasteiger partial charge in [0.25, 0.3) is 0 Å². The van der Waals surface area contributed by atoms with E-state index in [-0.39, 0.29) is 5.41 Å². The fraction of sp³-hybridized carbons (Fsp3) is 0.900. The quantitative estimate of drug-likeness (QED) is 0.704. The highest BCUT2D eigenvalue weighted by Gasteiger charge is 2.39. The summed E-state index contributed by atoms with van der Waals surface area (Å²) >= 11 is 0. The maximum Gasteiger partial charge on any atom is 0.321 e. The van der Waals surface area contributed by atoms with Crippen molar-refractivity contribution in [1.82, 2.24) is 0 Å². The average Bonchev–Trinajstić information content (AvgIpc) is 2.17. The van der Waals surface area contributed by atoms with Crippen LogP contribution in [-0.4, -0.2) is 17.1 Å². The number of carboxylic acid groups (broad SMARTS) is 1. The maximum absolute atomic E-state index is 10.8. The zero-order chi connectivity index (χ0) is 9.90. The van der Waals surface area contributed by atoms with Crippen LogP contribution >= 0.6 is 0 Å². The number of rotatable bonds is 3. The van der Waals surface area contributed by atoms with Crippen LogP contribution in [0.15, 0.2) is 0 Å². The van der Waals surface area contributed by atoms with Gasteiger partial charge < -0.3 is 10.8 Å². The van der Waals surface area contributed by atoms with Gasteiger partial charge in [-0.1, -0.05) is 26.2 Å². The van der Waals surface area contributed by atoms with Gasteiger partial charge in [-0.3, -0.25) is 4.79 Å². The van der Waals surface area contributed by atoms with E-state index in [1.165, 1.54) is 6.42 Å². The van der Waals surface area contributed by atoms with E-state index < -0.39 is 12.0 Å². The molecule has 0 bridgehead atoms. The minimum atomic E-state index is -0.844. The Labute approximate surface area is 79.3 Å². The summed E-state index contributed by atoms with van der Waals surface area (Å²) < 4.78 is 0. The molecular weight excluding hydrogens is 166 g/mol. The molecule has 3 heteroatoms. The van der Waals surface area contributed by atoms with Crippen molar-refractivity contribution in [3.8, 4) is 0 Å². The SMILES string of the molecule is CCC1(C(N)C(=O)O)CCCCC1. The Morgan fingerprint density at radius 2 is 2.00 bits per heavy atom.